The Hall–Kier alpha value is -1.06. The molecule has 1 aliphatic rings. The molecule has 2 atom stereocenters. The largest absolute Gasteiger partial charge is 0.341 e. The normalized spacial score (nSPS) is 20.4. The van der Waals surface area contributed by atoms with Gasteiger partial charge in [0.2, 0.25) is 5.91 Å². The molecule has 1 aromatic rings. The number of hydrogen-bond donors (Lipinski definition) is 1. The van der Waals surface area contributed by atoms with Gasteiger partial charge < -0.3 is 10.6 Å². The fraction of sp³-hybridized carbons (Fsp3) is 0.562. The van der Waals surface area contributed by atoms with Crippen LogP contribution < -0.4 is 5.73 Å². The quantitative estimate of drug-likeness (QED) is 0.932. The van der Waals surface area contributed by atoms with Crippen molar-refractivity contribution in [1.29, 1.82) is 0 Å². The maximum Gasteiger partial charge on any atom is 0.230 e. The van der Waals surface area contributed by atoms with E-state index in [1.54, 1.807) is 0 Å². The maximum atomic E-state index is 12.8. The third kappa shape index (κ3) is 3.97. The van der Waals surface area contributed by atoms with Crippen molar-refractivity contribution in [2.24, 2.45) is 11.7 Å². The minimum absolute atomic E-state index is 0. The van der Waals surface area contributed by atoms with Crippen molar-refractivity contribution >= 4 is 18.3 Å². The summed E-state index contributed by atoms with van der Waals surface area (Å²) in [7, 11) is 0. The molecule has 1 saturated heterocycles. The monoisotopic (exact) mass is 296 g/mol. The zero-order chi connectivity index (χ0) is 13.8. The van der Waals surface area contributed by atoms with Crippen LogP contribution in [-0.2, 0) is 4.79 Å². The molecule has 0 aliphatic carbocycles. The van der Waals surface area contributed by atoms with E-state index in [0.717, 1.165) is 24.9 Å². The van der Waals surface area contributed by atoms with Gasteiger partial charge in [-0.3, -0.25) is 4.79 Å². The number of amides is 1. The first-order chi connectivity index (χ1) is 9.09. The van der Waals surface area contributed by atoms with E-state index in [-0.39, 0.29) is 30.3 Å². The second kappa shape index (κ2) is 7.65. The Kier molecular flexibility index (Phi) is 6.50. The molecule has 20 heavy (non-hydrogen) atoms. The number of halogens is 1. The fourth-order valence-electron chi connectivity index (χ4n) is 2.88. The summed E-state index contributed by atoms with van der Waals surface area (Å²) in [6.45, 7) is 5.77. The summed E-state index contributed by atoms with van der Waals surface area (Å²) in [5.74, 6) is 0.482. The molecule has 1 aliphatic heterocycles. The second-order valence-electron chi connectivity index (χ2n) is 5.82. The topological polar surface area (TPSA) is 46.3 Å². The Morgan fingerprint density at radius 3 is 2.50 bits per heavy atom. The van der Waals surface area contributed by atoms with Gasteiger partial charge in [0.05, 0.1) is 5.92 Å². The minimum Gasteiger partial charge on any atom is -0.341 e. The molecule has 0 spiro atoms. The molecule has 2 rings (SSSR count). The molecule has 2 N–H and O–H groups in total. The number of rotatable bonds is 3. The van der Waals surface area contributed by atoms with Crippen molar-refractivity contribution in [3.8, 4) is 0 Å². The number of hydrogen-bond acceptors (Lipinski definition) is 2. The van der Waals surface area contributed by atoms with Crippen LogP contribution in [0.3, 0.4) is 0 Å². The van der Waals surface area contributed by atoms with Crippen LogP contribution in [0, 0.1) is 5.92 Å². The lowest BCUT2D eigenvalue weighted by atomic mass is 9.86. The summed E-state index contributed by atoms with van der Waals surface area (Å²) < 4.78 is 0. The highest BCUT2D eigenvalue weighted by Crippen LogP contribution is 2.27. The smallest absolute Gasteiger partial charge is 0.230 e. The van der Waals surface area contributed by atoms with Crippen LogP contribution in [0.15, 0.2) is 30.3 Å². The van der Waals surface area contributed by atoms with Gasteiger partial charge in [-0.2, -0.15) is 0 Å². The van der Waals surface area contributed by atoms with E-state index in [0.29, 0.717) is 12.5 Å². The van der Waals surface area contributed by atoms with Gasteiger partial charge in [-0.05, 0) is 24.3 Å². The highest BCUT2D eigenvalue weighted by Gasteiger charge is 2.30. The molecule has 0 radical (unpaired) electrons. The molecule has 4 heteroatoms. The average molecular weight is 297 g/mol. The number of nitrogens with two attached hydrogens (primary N) is 1. The lowest BCUT2D eigenvalue weighted by Crippen LogP contribution is -2.48. The SMILES string of the molecule is CC(C)C(C(=O)N1CCCC(N)C1)c1ccccc1.Cl. The van der Waals surface area contributed by atoms with Gasteiger partial charge in [0.1, 0.15) is 0 Å². The van der Waals surface area contributed by atoms with Crippen molar-refractivity contribution in [1.82, 2.24) is 4.90 Å². The zero-order valence-electron chi connectivity index (χ0n) is 12.3. The lowest BCUT2D eigenvalue weighted by Gasteiger charge is -2.34. The molecule has 3 nitrogen and oxygen atoms in total. The van der Waals surface area contributed by atoms with E-state index in [1.165, 1.54) is 0 Å². The summed E-state index contributed by atoms with van der Waals surface area (Å²) in [6.07, 6.45) is 2.05. The van der Waals surface area contributed by atoms with E-state index in [2.05, 4.69) is 13.8 Å². The summed E-state index contributed by atoms with van der Waals surface area (Å²) in [5.41, 5.74) is 7.10. The molecule has 1 amide bonds. The molecule has 1 fully saturated rings. The molecule has 1 heterocycles. The summed E-state index contributed by atoms with van der Waals surface area (Å²) in [5, 5.41) is 0. The Morgan fingerprint density at radius 1 is 1.30 bits per heavy atom. The first kappa shape index (κ1) is 17.0. The van der Waals surface area contributed by atoms with Crippen molar-refractivity contribution in [2.75, 3.05) is 13.1 Å². The molecule has 112 valence electrons. The summed E-state index contributed by atoms with van der Waals surface area (Å²) in [6, 6.07) is 10.2. The number of benzene rings is 1. The maximum absolute atomic E-state index is 12.8. The third-order valence-corrected chi connectivity index (χ3v) is 3.86. The second-order valence-corrected chi connectivity index (χ2v) is 5.82. The Bertz CT molecular complexity index is 422. The molecule has 2 unspecified atom stereocenters. The van der Waals surface area contributed by atoms with Crippen LogP contribution in [0.1, 0.15) is 38.2 Å². The number of piperidine rings is 1. The van der Waals surface area contributed by atoms with Crippen molar-refractivity contribution in [3.05, 3.63) is 35.9 Å². The van der Waals surface area contributed by atoms with E-state index >= 15 is 0 Å². The van der Waals surface area contributed by atoms with Gasteiger partial charge in [0, 0.05) is 19.1 Å². The number of carbonyl (C=O) groups excluding carboxylic acids is 1. The van der Waals surface area contributed by atoms with Crippen molar-refractivity contribution < 1.29 is 4.79 Å². The highest BCUT2D eigenvalue weighted by molar-refractivity contribution is 5.85. The van der Waals surface area contributed by atoms with Gasteiger partial charge in [-0.1, -0.05) is 44.2 Å². The van der Waals surface area contributed by atoms with Crippen LogP contribution >= 0.6 is 12.4 Å². The Balaban J connectivity index is 0.00000200. The summed E-state index contributed by atoms with van der Waals surface area (Å²) in [4.78, 5) is 14.7. The average Bonchev–Trinajstić information content (AvgIpc) is 2.39. The third-order valence-electron chi connectivity index (χ3n) is 3.86. The zero-order valence-corrected chi connectivity index (χ0v) is 13.1. The van der Waals surface area contributed by atoms with Crippen LogP contribution in [-0.4, -0.2) is 29.9 Å². The highest BCUT2D eigenvalue weighted by atomic mass is 35.5. The van der Waals surface area contributed by atoms with Crippen LogP contribution in [0.25, 0.3) is 0 Å². The Morgan fingerprint density at radius 2 is 1.95 bits per heavy atom. The van der Waals surface area contributed by atoms with Gasteiger partial charge in [0.15, 0.2) is 0 Å². The van der Waals surface area contributed by atoms with E-state index < -0.39 is 0 Å². The van der Waals surface area contributed by atoms with E-state index in [4.69, 9.17) is 5.73 Å². The fourth-order valence-corrected chi connectivity index (χ4v) is 2.88. The number of nitrogens with zero attached hydrogens (tertiary/aromatic N) is 1. The molecule has 1 aromatic carbocycles. The lowest BCUT2D eigenvalue weighted by molar-refractivity contribution is -0.135. The van der Waals surface area contributed by atoms with Crippen LogP contribution in [0.4, 0.5) is 0 Å². The van der Waals surface area contributed by atoms with E-state index in [9.17, 15) is 4.79 Å². The van der Waals surface area contributed by atoms with Gasteiger partial charge in [-0.15, -0.1) is 12.4 Å². The van der Waals surface area contributed by atoms with Crippen LogP contribution in [0.2, 0.25) is 0 Å². The Labute approximate surface area is 127 Å². The van der Waals surface area contributed by atoms with Crippen molar-refractivity contribution in [2.45, 2.75) is 38.6 Å². The standard InChI is InChI=1S/C16H24N2O.ClH/c1-12(2)15(13-7-4-3-5-8-13)16(19)18-10-6-9-14(17)11-18;/h3-5,7-8,12,14-15H,6,9-11,17H2,1-2H3;1H. The molecular weight excluding hydrogens is 272 g/mol. The molecular formula is C16H25ClN2O. The van der Waals surface area contributed by atoms with Gasteiger partial charge in [-0.25, -0.2) is 0 Å². The van der Waals surface area contributed by atoms with Gasteiger partial charge in [0.25, 0.3) is 0 Å². The predicted octanol–water partition coefficient (Wildman–Crippen LogP) is 2.80. The van der Waals surface area contributed by atoms with Crippen LogP contribution in [0.5, 0.6) is 0 Å². The first-order valence-corrected chi connectivity index (χ1v) is 7.19. The predicted molar refractivity (Wildman–Crippen MR) is 85.1 cm³/mol. The van der Waals surface area contributed by atoms with E-state index in [1.807, 2.05) is 35.2 Å². The van der Waals surface area contributed by atoms with Crippen molar-refractivity contribution in [3.63, 3.8) is 0 Å². The molecule has 0 bridgehead atoms. The van der Waals surface area contributed by atoms with Gasteiger partial charge >= 0.3 is 0 Å². The number of likely N-dealkylation sites (tertiary alicyclic amines) is 1. The molecule has 0 saturated carbocycles. The molecule has 0 aromatic heterocycles. The number of carbonyl (C=O) groups is 1. The first-order valence-electron chi connectivity index (χ1n) is 7.19. The minimum atomic E-state index is -0.0495. The summed E-state index contributed by atoms with van der Waals surface area (Å²) >= 11 is 0.